The zero-order valence-electron chi connectivity index (χ0n) is 12.3. The molecule has 0 aliphatic heterocycles. The van der Waals surface area contributed by atoms with Crippen LogP contribution in [0.2, 0.25) is 0 Å². The summed E-state index contributed by atoms with van der Waals surface area (Å²) in [6, 6.07) is 16.4. The normalized spacial score (nSPS) is 9.86. The molecule has 2 N–H and O–H groups in total. The van der Waals surface area contributed by atoms with Gasteiger partial charge < -0.3 is 15.4 Å². The Bertz CT molecular complexity index is 641. The van der Waals surface area contributed by atoms with E-state index >= 15 is 0 Å². The van der Waals surface area contributed by atoms with E-state index in [4.69, 9.17) is 4.74 Å². The van der Waals surface area contributed by atoms with Crippen LogP contribution in [0.4, 0.5) is 0 Å². The van der Waals surface area contributed by atoms with Crippen molar-refractivity contribution in [2.45, 2.75) is 6.54 Å². The summed E-state index contributed by atoms with van der Waals surface area (Å²) in [5, 5.41) is 5.31. The van der Waals surface area contributed by atoms with Gasteiger partial charge in [0.2, 0.25) is 0 Å². The van der Waals surface area contributed by atoms with Gasteiger partial charge in [0.25, 0.3) is 11.8 Å². The van der Waals surface area contributed by atoms with Gasteiger partial charge in [-0.2, -0.15) is 0 Å². The topological polar surface area (TPSA) is 67.4 Å². The third kappa shape index (κ3) is 4.63. The lowest BCUT2D eigenvalue weighted by molar-refractivity contribution is -0.122. The molecule has 5 heteroatoms. The molecule has 0 radical (unpaired) electrons. The molecule has 22 heavy (non-hydrogen) atoms. The molecule has 2 aromatic carbocycles. The van der Waals surface area contributed by atoms with Gasteiger partial charge in [-0.15, -0.1) is 0 Å². The molecule has 0 saturated carbocycles. The number of ether oxygens (including phenoxy) is 1. The first kappa shape index (κ1) is 15.6. The minimum absolute atomic E-state index is 0.0778. The van der Waals surface area contributed by atoms with Gasteiger partial charge in [-0.05, 0) is 23.8 Å². The molecule has 0 aliphatic rings. The van der Waals surface area contributed by atoms with E-state index < -0.39 is 0 Å². The van der Waals surface area contributed by atoms with Crippen LogP contribution in [0.15, 0.2) is 54.6 Å². The molecule has 0 bridgehead atoms. The lowest BCUT2D eigenvalue weighted by Gasteiger charge is -2.08. The Labute approximate surface area is 129 Å². The third-order valence-electron chi connectivity index (χ3n) is 3.04. The van der Waals surface area contributed by atoms with Crippen LogP contribution < -0.4 is 15.4 Å². The number of benzene rings is 2. The Morgan fingerprint density at radius 2 is 1.82 bits per heavy atom. The smallest absolute Gasteiger partial charge is 0.257 e. The molecule has 2 rings (SSSR count). The Kier molecular flexibility index (Phi) is 5.54. The largest absolute Gasteiger partial charge is 0.484 e. The molecule has 2 amide bonds. The van der Waals surface area contributed by atoms with Gasteiger partial charge in [0, 0.05) is 19.2 Å². The van der Waals surface area contributed by atoms with Crippen molar-refractivity contribution in [3.8, 4) is 5.75 Å². The number of carbonyl (C=O) groups is 2. The SMILES string of the molecule is CNC(=O)COc1cccc(C(=O)NCc2ccccc2)c1. The number of amides is 2. The van der Waals surface area contributed by atoms with Gasteiger partial charge in [0.05, 0.1) is 0 Å². The fourth-order valence-corrected chi connectivity index (χ4v) is 1.83. The third-order valence-corrected chi connectivity index (χ3v) is 3.04. The van der Waals surface area contributed by atoms with E-state index in [-0.39, 0.29) is 18.4 Å². The van der Waals surface area contributed by atoms with E-state index in [1.54, 1.807) is 31.3 Å². The first-order chi connectivity index (χ1) is 10.7. The average molecular weight is 298 g/mol. The quantitative estimate of drug-likeness (QED) is 0.853. The fourth-order valence-electron chi connectivity index (χ4n) is 1.83. The summed E-state index contributed by atoms with van der Waals surface area (Å²) in [6.07, 6.45) is 0. The van der Waals surface area contributed by atoms with E-state index in [1.165, 1.54) is 0 Å². The molecule has 0 atom stereocenters. The van der Waals surface area contributed by atoms with Crippen LogP contribution >= 0.6 is 0 Å². The Morgan fingerprint density at radius 1 is 1.05 bits per heavy atom. The molecular weight excluding hydrogens is 280 g/mol. The molecule has 0 unspecified atom stereocenters. The van der Waals surface area contributed by atoms with Crippen molar-refractivity contribution in [1.29, 1.82) is 0 Å². The van der Waals surface area contributed by atoms with Gasteiger partial charge in [-0.3, -0.25) is 9.59 Å². The summed E-state index contributed by atoms with van der Waals surface area (Å²) in [4.78, 5) is 23.3. The predicted molar refractivity (Wildman–Crippen MR) is 83.6 cm³/mol. The van der Waals surface area contributed by atoms with Crippen molar-refractivity contribution in [3.63, 3.8) is 0 Å². The maximum absolute atomic E-state index is 12.1. The van der Waals surface area contributed by atoms with Crippen molar-refractivity contribution in [1.82, 2.24) is 10.6 Å². The number of hydrogen-bond acceptors (Lipinski definition) is 3. The monoisotopic (exact) mass is 298 g/mol. The minimum atomic E-state index is -0.223. The summed E-state index contributed by atoms with van der Waals surface area (Å²) in [5.74, 6) is 0.0733. The summed E-state index contributed by atoms with van der Waals surface area (Å²) in [6.45, 7) is 0.384. The second kappa shape index (κ2) is 7.83. The average Bonchev–Trinajstić information content (AvgIpc) is 2.58. The van der Waals surface area contributed by atoms with Crippen molar-refractivity contribution in [2.75, 3.05) is 13.7 Å². The lowest BCUT2D eigenvalue weighted by Crippen LogP contribution is -2.25. The Balaban J connectivity index is 1.93. The summed E-state index contributed by atoms with van der Waals surface area (Å²) < 4.78 is 5.32. The Morgan fingerprint density at radius 3 is 2.55 bits per heavy atom. The molecule has 0 aliphatic carbocycles. The zero-order valence-corrected chi connectivity index (χ0v) is 12.3. The van der Waals surface area contributed by atoms with Gasteiger partial charge in [-0.1, -0.05) is 36.4 Å². The number of nitrogens with one attached hydrogen (secondary N) is 2. The molecule has 5 nitrogen and oxygen atoms in total. The van der Waals surface area contributed by atoms with Gasteiger partial charge in [-0.25, -0.2) is 0 Å². The molecule has 0 fully saturated rings. The van der Waals surface area contributed by atoms with Gasteiger partial charge >= 0.3 is 0 Å². The highest BCUT2D eigenvalue weighted by atomic mass is 16.5. The molecule has 0 heterocycles. The summed E-state index contributed by atoms with van der Waals surface area (Å²) in [7, 11) is 1.54. The second-order valence-electron chi connectivity index (χ2n) is 4.66. The lowest BCUT2D eigenvalue weighted by atomic mass is 10.2. The van der Waals surface area contributed by atoms with Gasteiger partial charge in [0.15, 0.2) is 6.61 Å². The van der Waals surface area contributed by atoms with Crippen molar-refractivity contribution in [2.24, 2.45) is 0 Å². The minimum Gasteiger partial charge on any atom is -0.484 e. The standard InChI is InChI=1S/C17H18N2O3/c1-18-16(20)12-22-15-9-5-8-14(10-15)17(21)19-11-13-6-3-2-4-7-13/h2-10H,11-12H2,1H3,(H,18,20)(H,19,21). The number of rotatable bonds is 6. The van der Waals surface area contributed by atoms with Crippen LogP contribution in [-0.2, 0) is 11.3 Å². The van der Waals surface area contributed by atoms with Crippen LogP contribution in [0.5, 0.6) is 5.75 Å². The fraction of sp³-hybridized carbons (Fsp3) is 0.176. The van der Waals surface area contributed by atoms with Crippen LogP contribution in [-0.4, -0.2) is 25.5 Å². The predicted octanol–water partition coefficient (Wildman–Crippen LogP) is 1.74. The van der Waals surface area contributed by atoms with E-state index in [2.05, 4.69) is 10.6 Å². The van der Waals surface area contributed by atoms with E-state index in [0.29, 0.717) is 17.9 Å². The maximum Gasteiger partial charge on any atom is 0.257 e. The van der Waals surface area contributed by atoms with Crippen molar-refractivity contribution >= 4 is 11.8 Å². The van der Waals surface area contributed by atoms with E-state index in [9.17, 15) is 9.59 Å². The zero-order chi connectivity index (χ0) is 15.8. The molecule has 114 valence electrons. The molecule has 2 aromatic rings. The summed E-state index contributed by atoms with van der Waals surface area (Å²) in [5.41, 5.74) is 1.52. The van der Waals surface area contributed by atoms with Gasteiger partial charge in [0.1, 0.15) is 5.75 Å². The second-order valence-corrected chi connectivity index (χ2v) is 4.66. The highest BCUT2D eigenvalue weighted by Crippen LogP contribution is 2.13. The van der Waals surface area contributed by atoms with Crippen LogP contribution in [0.1, 0.15) is 15.9 Å². The first-order valence-electron chi connectivity index (χ1n) is 6.94. The number of likely N-dealkylation sites (N-methyl/N-ethyl adjacent to an activating group) is 1. The van der Waals surface area contributed by atoms with Crippen LogP contribution in [0, 0.1) is 0 Å². The molecule has 0 spiro atoms. The van der Waals surface area contributed by atoms with Crippen LogP contribution in [0.3, 0.4) is 0 Å². The van der Waals surface area contributed by atoms with Crippen molar-refractivity contribution < 1.29 is 14.3 Å². The molecular formula is C17H18N2O3. The highest BCUT2D eigenvalue weighted by Gasteiger charge is 2.07. The van der Waals surface area contributed by atoms with E-state index in [1.807, 2.05) is 30.3 Å². The first-order valence-corrected chi connectivity index (χ1v) is 6.94. The maximum atomic E-state index is 12.1. The summed E-state index contributed by atoms with van der Waals surface area (Å²) >= 11 is 0. The number of hydrogen-bond donors (Lipinski definition) is 2. The number of carbonyl (C=O) groups excluding carboxylic acids is 2. The molecule has 0 aromatic heterocycles. The van der Waals surface area contributed by atoms with Crippen LogP contribution in [0.25, 0.3) is 0 Å². The van der Waals surface area contributed by atoms with Crippen molar-refractivity contribution in [3.05, 3.63) is 65.7 Å². The highest BCUT2D eigenvalue weighted by molar-refractivity contribution is 5.94. The molecule has 0 saturated heterocycles. The Hall–Kier alpha value is -2.82. The van der Waals surface area contributed by atoms with E-state index in [0.717, 1.165) is 5.56 Å².